The quantitative estimate of drug-likeness (QED) is 0.725. The molecule has 1 aromatic heterocycles. The van der Waals surface area contributed by atoms with Crippen molar-refractivity contribution >= 4 is 33.5 Å². The second-order valence-electron chi connectivity index (χ2n) is 6.22. The Labute approximate surface area is 150 Å². The van der Waals surface area contributed by atoms with Crippen LogP contribution in [0.5, 0.6) is 0 Å². The van der Waals surface area contributed by atoms with Gasteiger partial charge in [0.1, 0.15) is 6.54 Å². The van der Waals surface area contributed by atoms with Crippen LogP contribution < -0.4 is 20.9 Å². The molecule has 2 aromatic rings. The zero-order valence-corrected chi connectivity index (χ0v) is 15.1. The number of hydrogen-bond acceptors (Lipinski definition) is 4. The largest absolute Gasteiger partial charge is 0.335 e. The minimum atomic E-state index is -0.351. The van der Waals surface area contributed by atoms with Gasteiger partial charge < -0.3 is 15.2 Å². The van der Waals surface area contributed by atoms with E-state index in [0.717, 1.165) is 35.9 Å². The SMILES string of the molecule is Cn1/c(=N/NC(=O)CNC(=O)NC2CCCCC2)sc2ccccc21. The molecule has 1 aliphatic rings. The van der Waals surface area contributed by atoms with E-state index in [1.807, 2.05) is 35.9 Å². The van der Waals surface area contributed by atoms with Crippen LogP contribution in [0.1, 0.15) is 32.1 Å². The summed E-state index contributed by atoms with van der Waals surface area (Å²) in [5.41, 5.74) is 3.55. The Hall–Kier alpha value is -2.35. The van der Waals surface area contributed by atoms with Gasteiger partial charge in [0.05, 0.1) is 10.2 Å². The summed E-state index contributed by atoms with van der Waals surface area (Å²) in [6.07, 6.45) is 5.56. The molecule has 0 aliphatic heterocycles. The van der Waals surface area contributed by atoms with Crippen molar-refractivity contribution in [2.24, 2.45) is 12.1 Å². The van der Waals surface area contributed by atoms with Gasteiger partial charge in [0, 0.05) is 13.1 Å². The Kier molecular flexibility index (Phi) is 5.70. The van der Waals surface area contributed by atoms with E-state index in [4.69, 9.17) is 0 Å². The molecule has 3 N–H and O–H groups in total. The number of rotatable bonds is 4. The summed E-state index contributed by atoms with van der Waals surface area (Å²) in [6, 6.07) is 7.87. The van der Waals surface area contributed by atoms with E-state index in [1.54, 1.807) is 0 Å². The highest BCUT2D eigenvalue weighted by Gasteiger charge is 2.15. The van der Waals surface area contributed by atoms with E-state index in [9.17, 15) is 9.59 Å². The lowest BCUT2D eigenvalue weighted by atomic mass is 9.96. The van der Waals surface area contributed by atoms with Crippen molar-refractivity contribution in [1.82, 2.24) is 20.6 Å². The maximum absolute atomic E-state index is 11.9. The Balaban J connectivity index is 1.50. The maximum Gasteiger partial charge on any atom is 0.315 e. The van der Waals surface area contributed by atoms with Gasteiger partial charge in [0.2, 0.25) is 4.80 Å². The lowest BCUT2D eigenvalue weighted by Gasteiger charge is -2.22. The van der Waals surface area contributed by atoms with Gasteiger partial charge in [-0.15, -0.1) is 5.10 Å². The third kappa shape index (κ3) is 4.60. The summed E-state index contributed by atoms with van der Waals surface area (Å²) in [5, 5.41) is 9.64. The number of nitrogens with zero attached hydrogens (tertiary/aromatic N) is 2. The Bertz CT molecular complexity index is 820. The molecule has 0 radical (unpaired) electrons. The van der Waals surface area contributed by atoms with Crippen LogP contribution in [-0.2, 0) is 11.8 Å². The minimum absolute atomic E-state index is 0.101. The van der Waals surface area contributed by atoms with Crippen molar-refractivity contribution in [2.75, 3.05) is 6.54 Å². The first kappa shape index (κ1) is 17.5. The van der Waals surface area contributed by atoms with Crippen molar-refractivity contribution < 1.29 is 9.59 Å². The Morgan fingerprint density at radius 2 is 2.00 bits per heavy atom. The minimum Gasteiger partial charge on any atom is -0.335 e. The number of aromatic nitrogens is 1. The number of thiazole rings is 1. The zero-order chi connectivity index (χ0) is 17.6. The van der Waals surface area contributed by atoms with Crippen molar-refractivity contribution in [3.63, 3.8) is 0 Å². The predicted molar refractivity (Wildman–Crippen MR) is 97.9 cm³/mol. The lowest BCUT2D eigenvalue weighted by Crippen LogP contribution is -2.45. The summed E-state index contributed by atoms with van der Waals surface area (Å²) in [6.45, 7) is -0.101. The van der Waals surface area contributed by atoms with Crippen LogP contribution >= 0.6 is 11.3 Å². The molecule has 134 valence electrons. The van der Waals surface area contributed by atoms with E-state index in [2.05, 4.69) is 21.2 Å². The monoisotopic (exact) mass is 361 g/mol. The number of carbonyl (C=O) groups excluding carboxylic acids is 2. The van der Waals surface area contributed by atoms with Crippen LogP contribution in [0.2, 0.25) is 0 Å². The number of aryl methyl sites for hydroxylation is 1. The van der Waals surface area contributed by atoms with Crippen molar-refractivity contribution in [3.8, 4) is 0 Å². The first-order chi connectivity index (χ1) is 12.1. The summed E-state index contributed by atoms with van der Waals surface area (Å²) < 4.78 is 3.02. The number of benzene rings is 1. The molecule has 0 bridgehead atoms. The number of para-hydroxylation sites is 1. The van der Waals surface area contributed by atoms with Crippen LogP contribution in [0.4, 0.5) is 4.79 Å². The molecule has 1 aliphatic carbocycles. The van der Waals surface area contributed by atoms with Gasteiger partial charge in [0.25, 0.3) is 5.91 Å². The molecule has 0 saturated heterocycles. The lowest BCUT2D eigenvalue weighted by molar-refractivity contribution is -0.120. The fourth-order valence-corrected chi connectivity index (χ4v) is 3.96. The molecule has 0 unspecified atom stereocenters. The molecule has 3 rings (SSSR count). The number of urea groups is 1. The third-order valence-corrected chi connectivity index (χ3v) is 5.45. The van der Waals surface area contributed by atoms with Crippen molar-refractivity contribution in [2.45, 2.75) is 38.1 Å². The van der Waals surface area contributed by atoms with Gasteiger partial charge in [-0.3, -0.25) is 4.79 Å². The Morgan fingerprint density at radius 1 is 1.24 bits per heavy atom. The average molecular weight is 361 g/mol. The molecule has 1 aromatic carbocycles. The predicted octanol–water partition coefficient (Wildman–Crippen LogP) is 1.80. The van der Waals surface area contributed by atoms with Crippen LogP contribution in [0.3, 0.4) is 0 Å². The number of amides is 3. The highest BCUT2D eigenvalue weighted by molar-refractivity contribution is 7.16. The van der Waals surface area contributed by atoms with Crippen LogP contribution in [0.25, 0.3) is 10.2 Å². The molecule has 1 fully saturated rings. The number of fused-ring (bicyclic) bond motifs is 1. The van der Waals surface area contributed by atoms with E-state index in [0.29, 0.717) is 4.80 Å². The van der Waals surface area contributed by atoms with Gasteiger partial charge in [-0.2, -0.15) is 0 Å². The smallest absolute Gasteiger partial charge is 0.315 e. The standard InChI is InChI=1S/C17H23N5O2S/c1-22-13-9-5-6-10-14(13)25-17(22)21-20-15(23)11-18-16(24)19-12-7-3-2-4-8-12/h5-6,9-10,12H,2-4,7-8,11H2,1H3,(H,20,23)(H2,18,19,24)/b21-17-. The van der Waals surface area contributed by atoms with E-state index < -0.39 is 0 Å². The summed E-state index contributed by atoms with van der Waals surface area (Å²) in [4.78, 5) is 24.4. The second-order valence-corrected chi connectivity index (χ2v) is 7.23. The maximum atomic E-state index is 11.9. The van der Waals surface area contributed by atoms with Gasteiger partial charge >= 0.3 is 6.03 Å². The number of carbonyl (C=O) groups is 2. The van der Waals surface area contributed by atoms with E-state index in [1.165, 1.54) is 17.8 Å². The molecular weight excluding hydrogens is 338 g/mol. The normalized spacial score (nSPS) is 16.0. The molecule has 0 atom stereocenters. The molecule has 7 nitrogen and oxygen atoms in total. The molecule has 1 saturated carbocycles. The second kappa shape index (κ2) is 8.15. The summed E-state index contributed by atoms with van der Waals surface area (Å²) in [7, 11) is 1.90. The van der Waals surface area contributed by atoms with Crippen LogP contribution in [0, 0.1) is 0 Å². The van der Waals surface area contributed by atoms with Crippen LogP contribution in [-0.4, -0.2) is 29.1 Å². The van der Waals surface area contributed by atoms with Gasteiger partial charge in [-0.25, -0.2) is 10.2 Å². The van der Waals surface area contributed by atoms with Gasteiger partial charge in [-0.05, 0) is 25.0 Å². The van der Waals surface area contributed by atoms with Gasteiger partial charge in [0.15, 0.2) is 0 Å². The first-order valence-electron chi connectivity index (χ1n) is 8.55. The molecular formula is C17H23N5O2S. The zero-order valence-electron chi connectivity index (χ0n) is 14.2. The molecule has 25 heavy (non-hydrogen) atoms. The fourth-order valence-electron chi connectivity index (χ4n) is 2.98. The highest BCUT2D eigenvalue weighted by Crippen LogP contribution is 2.17. The van der Waals surface area contributed by atoms with E-state index >= 15 is 0 Å². The first-order valence-corrected chi connectivity index (χ1v) is 9.36. The van der Waals surface area contributed by atoms with Crippen LogP contribution in [0.15, 0.2) is 29.4 Å². The number of hydrogen-bond donors (Lipinski definition) is 3. The number of nitrogens with one attached hydrogen (secondary N) is 3. The molecule has 0 spiro atoms. The summed E-state index contributed by atoms with van der Waals surface area (Å²) >= 11 is 1.50. The third-order valence-electron chi connectivity index (χ3n) is 4.34. The Morgan fingerprint density at radius 3 is 2.76 bits per heavy atom. The van der Waals surface area contributed by atoms with Crippen molar-refractivity contribution in [1.29, 1.82) is 0 Å². The van der Waals surface area contributed by atoms with E-state index in [-0.39, 0.29) is 24.5 Å². The van der Waals surface area contributed by atoms with Crippen molar-refractivity contribution in [3.05, 3.63) is 29.1 Å². The fraction of sp³-hybridized carbons (Fsp3) is 0.471. The topological polar surface area (TPSA) is 87.5 Å². The average Bonchev–Trinajstić information content (AvgIpc) is 2.95. The molecule has 3 amide bonds. The molecule has 1 heterocycles. The molecule has 8 heteroatoms. The highest BCUT2D eigenvalue weighted by atomic mass is 32.1. The van der Waals surface area contributed by atoms with Gasteiger partial charge in [-0.1, -0.05) is 42.7 Å². The summed E-state index contributed by atoms with van der Waals surface area (Å²) in [5.74, 6) is -0.351.